The molecule has 0 radical (unpaired) electrons. The normalized spacial score (nSPS) is 22.0. The number of rotatable bonds is 1. The fourth-order valence-corrected chi connectivity index (χ4v) is 10.9. The van der Waals surface area contributed by atoms with Gasteiger partial charge in [0.05, 0.1) is 24.6 Å². The summed E-state index contributed by atoms with van der Waals surface area (Å²) in [5, 5.41) is 5.32. The van der Waals surface area contributed by atoms with E-state index in [4.69, 9.17) is 37.9 Å². The number of likely N-dealkylation sites (tertiary alicyclic amines) is 2. The van der Waals surface area contributed by atoms with E-state index in [-0.39, 0.29) is 24.0 Å². The van der Waals surface area contributed by atoms with Crippen molar-refractivity contribution in [3.8, 4) is 0 Å². The fourth-order valence-electron chi connectivity index (χ4n) is 10.5. The molecule has 0 bridgehead atoms. The van der Waals surface area contributed by atoms with Crippen LogP contribution < -0.4 is 5.32 Å². The number of ether oxygens (including phenoxy) is 1. The molecular formula is C48H51Cl2N7O3. The number of carbonyl (C=O) groups is 2. The van der Waals surface area contributed by atoms with Crippen molar-refractivity contribution in [1.82, 2.24) is 34.9 Å². The Labute approximate surface area is 362 Å². The van der Waals surface area contributed by atoms with Crippen LogP contribution >= 0.6 is 23.2 Å². The summed E-state index contributed by atoms with van der Waals surface area (Å²) in [7, 11) is 0. The first-order valence-corrected chi connectivity index (χ1v) is 22.4. The molecule has 2 aromatic carbocycles. The standard InChI is InChI=1S/C48H51Cl2N7O3/c49-36-7-9-38-34(27-36)6-5-33-3-1-15-52-45(33)43(38)31-11-20-55(21-12-31)48(59)57-22-17-51-42(30-57)41-29-35-28-37(50)8-10-39(35)44(46-40(41)4-2-16-53-46)32-13-18-54(19-14-32)47(58)56-23-25-60-26-24-56/h1-4,7-10,15-16,27-28,41-42,51H,5-6,11-14,17-26,29-30H2. The monoisotopic (exact) mass is 843 g/mol. The maximum absolute atomic E-state index is 14.5. The number of aryl methyl sites for hydroxylation is 2. The number of halogens is 2. The summed E-state index contributed by atoms with van der Waals surface area (Å²) in [4.78, 5) is 45.9. The zero-order valence-electron chi connectivity index (χ0n) is 34.0. The predicted octanol–water partition coefficient (Wildman–Crippen LogP) is 7.86. The molecule has 1 N–H and O–H groups in total. The Bertz CT molecular complexity index is 2370. The highest BCUT2D eigenvalue weighted by atomic mass is 35.5. The van der Waals surface area contributed by atoms with E-state index >= 15 is 0 Å². The third-order valence-corrected chi connectivity index (χ3v) is 14.1. The van der Waals surface area contributed by atoms with E-state index in [1.54, 1.807) is 0 Å². The van der Waals surface area contributed by atoms with Crippen molar-refractivity contribution in [2.75, 3.05) is 72.1 Å². The van der Waals surface area contributed by atoms with Gasteiger partial charge in [-0.05, 0) is 115 Å². The Kier molecular flexibility index (Phi) is 11.1. The molecular weight excluding hydrogens is 793 g/mol. The smallest absolute Gasteiger partial charge is 0.320 e. The number of hydrogen-bond donors (Lipinski definition) is 1. The van der Waals surface area contributed by atoms with Gasteiger partial charge in [-0.25, -0.2) is 9.59 Å². The van der Waals surface area contributed by atoms with Gasteiger partial charge in [0.1, 0.15) is 0 Å². The molecule has 2 unspecified atom stereocenters. The van der Waals surface area contributed by atoms with Crippen LogP contribution in [0.3, 0.4) is 0 Å². The summed E-state index contributed by atoms with van der Waals surface area (Å²) in [5.41, 5.74) is 14.5. The van der Waals surface area contributed by atoms with Crippen LogP contribution in [0.4, 0.5) is 9.59 Å². The van der Waals surface area contributed by atoms with Gasteiger partial charge in [-0.3, -0.25) is 9.97 Å². The summed E-state index contributed by atoms with van der Waals surface area (Å²) in [5.74, 6) is 0.0664. The number of hydrogen-bond acceptors (Lipinski definition) is 6. The molecule has 10 nitrogen and oxygen atoms in total. The van der Waals surface area contributed by atoms with E-state index in [2.05, 4.69) is 51.5 Å². The first kappa shape index (κ1) is 39.4. The van der Waals surface area contributed by atoms with E-state index in [0.717, 1.165) is 67.9 Å². The van der Waals surface area contributed by atoms with Crippen LogP contribution in [-0.4, -0.2) is 120 Å². The van der Waals surface area contributed by atoms with E-state index in [1.807, 2.05) is 46.5 Å². The molecule has 12 heteroatoms. The van der Waals surface area contributed by atoms with Crippen molar-refractivity contribution in [2.24, 2.45) is 0 Å². The van der Waals surface area contributed by atoms with Gasteiger partial charge in [-0.2, -0.15) is 0 Å². The lowest BCUT2D eigenvalue weighted by atomic mass is 9.85. The second-order valence-electron chi connectivity index (χ2n) is 17.0. The summed E-state index contributed by atoms with van der Waals surface area (Å²) in [6, 6.07) is 21.3. The lowest BCUT2D eigenvalue weighted by Gasteiger charge is -2.41. The zero-order chi connectivity index (χ0) is 40.7. The number of benzene rings is 2. The van der Waals surface area contributed by atoms with Gasteiger partial charge in [0.15, 0.2) is 0 Å². The molecule has 6 aliphatic rings. The maximum Gasteiger partial charge on any atom is 0.320 e. The Morgan fingerprint density at radius 2 is 1.18 bits per heavy atom. The van der Waals surface area contributed by atoms with Gasteiger partial charge in [-0.1, -0.05) is 58.6 Å². The predicted molar refractivity (Wildman–Crippen MR) is 235 cm³/mol. The molecule has 4 amide bonds. The Morgan fingerprint density at radius 3 is 1.88 bits per heavy atom. The molecule has 4 fully saturated rings. The van der Waals surface area contributed by atoms with Crippen molar-refractivity contribution >= 4 is 46.4 Å². The van der Waals surface area contributed by atoms with Crippen LogP contribution in [0.15, 0.2) is 84.2 Å². The SMILES string of the molecule is O=C(N1CCOCC1)N1CCC(=C2c3ccc(Cl)cc3CC(C3CN(C(=O)N4CCC(=C5c6ccc(Cl)cc6CCc6cccnc65)CC4)CCN3)c3cccnc32)CC1. The molecule has 0 spiro atoms. The van der Waals surface area contributed by atoms with E-state index in [9.17, 15) is 9.59 Å². The van der Waals surface area contributed by atoms with Crippen molar-refractivity contribution in [3.63, 3.8) is 0 Å². The number of piperazine rings is 1. The quantitative estimate of drug-likeness (QED) is 0.210. The number of pyridine rings is 2. The minimum atomic E-state index is 0.0224. The highest BCUT2D eigenvalue weighted by Gasteiger charge is 2.38. The molecule has 4 saturated heterocycles. The van der Waals surface area contributed by atoms with Gasteiger partial charge >= 0.3 is 12.1 Å². The fraction of sp³-hybridized carbons (Fsp3) is 0.417. The Morgan fingerprint density at radius 1 is 0.617 bits per heavy atom. The third kappa shape index (κ3) is 7.61. The van der Waals surface area contributed by atoms with Crippen LogP contribution in [0.25, 0.3) is 11.1 Å². The van der Waals surface area contributed by atoms with Crippen molar-refractivity contribution in [2.45, 2.75) is 56.9 Å². The van der Waals surface area contributed by atoms with Gasteiger partial charge < -0.3 is 29.7 Å². The summed E-state index contributed by atoms with van der Waals surface area (Å²) < 4.78 is 5.50. The first-order valence-electron chi connectivity index (χ1n) is 21.7. The van der Waals surface area contributed by atoms with Crippen LogP contribution in [0.1, 0.15) is 76.4 Å². The molecule has 4 aromatic rings. The number of amides is 4. The molecule has 4 aliphatic heterocycles. The van der Waals surface area contributed by atoms with Crippen molar-refractivity contribution in [3.05, 3.63) is 139 Å². The molecule has 60 heavy (non-hydrogen) atoms. The number of piperidine rings is 2. The second kappa shape index (κ2) is 17.0. The average Bonchev–Trinajstić information content (AvgIpc) is 3.55. The molecule has 10 rings (SSSR count). The number of nitrogens with one attached hydrogen (secondary N) is 1. The highest BCUT2D eigenvalue weighted by molar-refractivity contribution is 6.31. The number of aromatic nitrogens is 2. The van der Waals surface area contributed by atoms with Gasteiger partial charge in [0, 0.05) is 104 Å². The second-order valence-corrected chi connectivity index (χ2v) is 17.8. The summed E-state index contributed by atoms with van der Waals surface area (Å²) in [6.07, 6.45) is 9.62. The maximum atomic E-state index is 14.5. The number of morpholine rings is 1. The highest BCUT2D eigenvalue weighted by Crippen LogP contribution is 2.44. The van der Waals surface area contributed by atoms with Crippen LogP contribution in [0.5, 0.6) is 0 Å². The molecule has 2 atom stereocenters. The average molecular weight is 845 g/mol. The van der Waals surface area contributed by atoms with Gasteiger partial charge in [-0.15, -0.1) is 0 Å². The largest absolute Gasteiger partial charge is 0.378 e. The zero-order valence-corrected chi connectivity index (χ0v) is 35.5. The van der Waals surface area contributed by atoms with Gasteiger partial charge in [0.25, 0.3) is 0 Å². The number of urea groups is 2. The van der Waals surface area contributed by atoms with Crippen molar-refractivity contribution < 1.29 is 14.3 Å². The van der Waals surface area contributed by atoms with Gasteiger partial charge in [0.2, 0.25) is 0 Å². The third-order valence-electron chi connectivity index (χ3n) is 13.6. The van der Waals surface area contributed by atoms with Crippen LogP contribution in [-0.2, 0) is 24.0 Å². The van der Waals surface area contributed by atoms with Crippen LogP contribution in [0, 0.1) is 0 Å². The summed E-state index contributed by atoms with van der Waals surface area (Å²) >= 11 is 13.2. The van der Waals surface area contributed by atoms with E-state index in [0.29, 0.717) is 70.6 Å². The van der Waals surface area contributed by atoms with E-state index in [1.165, 1.54) is 55.7 Å². The minimum Gasteiger partial charge on any atom is -0.378 e. The Balaban J connectivity index is 0.892. The molecule has 2 aromatic heterocycles. The summed E-state index contributed by atoms with van der Waals surface area (Å²) in [6.45, 7) is 7.15. The number of fused-ring (bicyclic) bond motifs is 4. The molecule has 2 aliphatic carbocycles. The molecule has 310 valence electrons. The lowest BCUT2D eigenvalue weighted by Crippen LogP contribution is -2.58. The van der Waals surface area contributed by atoms with Crippen LogP contribution in [0.2, 0.25) is 10.0 Å². The van der Waals surface area contributed by atoms with Crippen molar-refractivity contribution in [1.29, 1.82) is 0 Å². The topological polar surface area (TPSA) is 94.1 Å². The Hall–Kier alpha value is -4.74. The minimum absolute atomic E-state index is 0.0224. The molecule has 0 saturated carbocycles. The number of nitrogens with zero attached hydrogens (tertiary/aromatic N) is 6. The van der Waals surface area contributed by atoms with E-state index < -0.39 is 0 Å². The lowest BCUT2D eigenvalue weighted by molar-refractivity contribution is 0.0427. The number of carbonyl (C=O) groups excluding carboxylic acids is 2. The first-order chi connectivity index (χ1) is 29.4. The molecule has 6 heterocycles.